The van der Waals surface area contributed by atoms with Crippen LogP contribution in [0.25, 0.3) is 0 Å². The molecule has 1 atom stereocenters. The van der Waals surface area contributed by atoms with Crippen LogP contribution in [0.1, 0.15) is 18.5 Å². The predicted octanol–water partition coefficient (Wildman–Crippen LogP) is 4.72. The lowest BCUT2D eigenvalue weighted by Gasteiger charge is -2.18. The second-order valence-electron chi connectivity index (χ2n) is 4.98. The van der Waals surface area contributed by atoms with Crippen molar-refractivity contribution in [2.24, 2.45) is 0 Å². The summed E-state index contributed by atoms with van der Waals surface area (Å²) in [5.41, 5.74) is 3.04. The first-order chi connectivity index (χ1) is 9.47. The molecule has 0 aliphatic heterocycles. The van der Waals surface area contributed by atoms with Gasteiger partial charge in [-0.1, -0.05) is 23.7 Å². The van der Waals surface area contributed by atoms with Crippen molar-refractivity contribution < 1.29 is 4.39 Å². The number of rotatable bonds is 4. The van der Waals surface area contributed by atoms with Gasteiger partial charge in [0.1, 0.15) is 5.82 Å². The second kappa shape index (κ2) is 6.14. The Balaban J connectivity index is 2.13. The van der Waals surface area contributed by atoms with E-state index in [1.54, 1.807) is 6.07 Å². The fourth-order valence-electron chi connectivity index (χ4n) is 1.98. The number of hydrogen-bond acceptors (Lipinski definition) is 2. The molecule has 0 aliphatic rings. The van der Waals surface area contributed by atoms with E-state index in [9.17, 15) is 4.39 Å². The summed E-state index contributed by atoms with van der Waals surface area (Å²) in [5.74, 6) is -0.330. The van der Waals surface area contributed by atoms with E-state index in [1.807, 2.05) is 21.0 Å². The maximum atomic E-state index is 13.0. The van der Waals surface area contributed by atoms with E-state index in [0.717, 1.165) is 16.9 Å². The van der Waals surface area contributed by atoms with Gasteiger partial charge in [0.25, 0.3) is 0 Å². The zero-order valence-corrected chi connectivity index (χ0v) is 12.6. The molecule has 2 aromatic rings. The standard InChI is InChI=1S/C16H18ClFN2/c1-11(12-4-7-14(8-5-12)20(2)3)19-16-9-6-13(18)10-15(16)17/h4-11,19H,1-3H3. The molecule has 0 heterocycles. The first-order valence-corrected chi connectivity index (χ1v) is 6.84. The average Bonchev–Trinajstić information content (AvgIpc) is 2.42. The number of halogens is 2. The summed E-state index contributed by atoms with van der Waals surface area (Å²) in [6.45, 7) is 2.05. The van der Waals surface area contributed by atoms with Crippen LogP contribution in [0.5, 0.6) is 0 Å². The fraction of sp³-hybridized carbons (Fsp3) is 0.250. The van der Waals surface area contributed by atoms with E-state index in [-0.39, 0.29) is 11.9 Å². The summed E-state index contributed by atoms with van der Waals surface area (Å²) in [5, 5.41) is 3.68. The summed E-state index contributed by atoms with van der Waals surface area (Å²) in [7, 11) is 4.02. The van der Waals surface area contributed by atoms with Gasteiger partial charge in [0.2, 0.25) is 0 Å². The Hall–Kier alpha value is -1.74. The van der Waals surface area contributed by atoms with Gasteiger partial charge in [-0.15, -0.1) is 0 Å². The minimum absolute atomic E-state index is 0.0918. The third-order valence-electron chi connectivity index (χ3n) is 3.21. The van der Waals surface area contributed by atoms with Crippen LogP contribution < -0.4 is 10.2 Å². The molecule has 0 saturated heterocycles. The van der Waals surface area contributed by atoms with Gasteiger partial charge in [-0.2, -0.15) is 0 Å². The average molecular weight is 293 g/mol. The molecule has 0 amide bonds. The molecule has 2 aromatic carbocycles. The molecule has 1 unspecified atom stereocenters. The number of nitrogens with one attached hydrogen (secondary N) is 1. The smallest absolute Gasteiger partial charge is 0.124 e. The van der Waals surface area contributed by atoms with Crippen LogP contribution in [-0.4, -0.2) is 14.1 Å². The largest absolute Gasteiger partial charge is 0.378 e. The first-order valence-electron chi connectivity index (χ1n) is 6.46. The van der Waals surface area contributed by atoms with E-state index in [4.69, 9.17) is 11.6 Å². The molecule has 0 spiro atoms. The van der Waals surface area contributed by atoms with Crippen LogP contribution in [0, 0.1) is 5.82 Å². The van der Waals surface area contributed by atoms with Crippen LogP contribution in [0.15, 0.2) is 42.5 Å². The molecule has 0 aliphatic carbocycles. The minimum atomic E-state index is -0.330. The molecular formula is C16H18ClFN2. The van der Waals surface area contributed by atoms with E-state index >= 15 is 0 Å². The van der Waals surface area contributed by atoms with Crippen molar-refractivity contribution in [1.29, 1.82) is 0 Å². The Kier molecular flexibility index (Phi) is 4.50. The summed E-state index contributed by atoms with van der Waals surface area (Å²) in [4.78, 5) is 2.05. The van der Waals surface area contributed by atoms with Crippen molar-refractivity contribution >= 4 is 23.0 Å². The van der Waals surface area contributed by atoms with Gasteiger partial charge in [-0.3, -0.25) is 0 Å². The van der Waals surface area contributed by atoms with Crippen LogP contribution in [-0.2, 0) is 0 Å². The van der Waals surface area contributed by atoms with Crippen molar-refractivity contribution in [3.63, 3.8) is 0 Å². The molecule has 2 rings (SSSR count). The molecule has 1 N–H and O–H groups in total. The third kappa shape index (κ3) is 3.42. The lowest BCUT2D eigenvalue weighted by atomic mass is 10.1. The molecular weight excluding hydrogens is 275 g/mol. The summed E-state index contributed by atoms with van der Waals surface area (Å²) < 4.78 is 13.0. The van der Waals surface area contributed by atoms with Crippen molar-refractivity contribution in [1.82, 2.24) is 0 Å². The van der Waals surface area contributed by atoms with Crippen LogP contribution in [0.4, 0.5) is 15.8 Å². The van der Waals surface area contributed by atoms with Gasteiger partial charge in [0.05, 0.1) is 10.7 Å². The molecule has 0 aromatic heterocycles. The number of anilines is 2. The van der Waals surface area contributed by atoms with Gasteiger partial charge in [-0.05, 0) is 42.8 Å². The highest BCUT2D eigenvalue weighted by Crippen LogP contribution is 2.27. The SMILES string of the molecule is CC(Nc1ccc(F)cc1Cl)c1ccc(N(C)C)cc1. The van der Waals surface area contributed by atoms with Crippen LogP contribution in [0.2, 0.25) is 5.02 Å². The number of benzene rings is 2. The summed E-state index contributed by atoms with van der Waals surface area (Å²) in [6.07, 6.45) is 0. The van der Waals surface area contributed by atoms with E-state index in [1.165, 1.54) is 12.1 Å². The Bertz CT molecular complexity index is 582. The number of nitrogens with zero attached hydrogens (tertiary/aromatic N) is 1. The highest BCUT2D eigenvalue weighted by Gasteiger charge is 2.08. The molecule has 0 fully saturated rings. The Morgan fingerprint density at radius 2 is 1.75 bits per heavy atom. The monoisotopic (exact) mass is 292 g/mol. The fourth-order valence-corrected chi connectivity index (χ4v) is 2.21. The van der Waals surface area contributed by atoms with Gasteiger partial charge in [0, 0.05) is 25.8 Å². The maximum Gasteiger partial charge on any atom is 0.124 e. The second-order valence-corrected chi connectivity index (χ2v) is 5.38. The van der Waals surface area contributed by atoms with Gasteiger partial charge in [0.15, 0.2) is 0 Å². The van der Waals surface area contributed by atoms with E-state index in [2.05, 4.69) is 34.5 Å². The quantitative estimate of drug-likeness (QED) is 0.877. The van der Waals surface area contributed by atoms with Crippen molar-refractivity contribution in [2.45, 2.75) is 13.0 Å². The van der Waals surface area contributed by atoms with Crippen molar-refractivity contribution in [3.8, 4) is 0 Å². The zero-order valence-electron chi connectivity index (χ0n) is 11.8. The molecule has 20 heavy (non-hydrogen) atoms. The van der Waals surface area contributed by atoms with E-state index < -0.39 is 0 Å². The van der Waals surface area contributed by atoms with Crippen LogP contribution >= 0.6 is 11.6 Å². The summed E-state index contributed by atoms with van der Waals surface area (Å²) >= 11 is 6.02. The van der Waals surface area contributed by atoms with E-state index in [0.29, 0.717) is 5.02 Å². The molecule has 2 nitrogen and oxygen atoms in total. The van der Waals surface area contributed by atoms with Gasteiger partial charge in [-0.25, -0.2) is 4.39 Å². The minimum Gasteiger partial charge on any atom is -0.378 e. The Labute approximate surface area is 124 Å². The molecule has 0 bridgehead atoms. The lowest BCUT2D eigenvalue weighted by Crippen LogP contribution is -2.10. The normalized spacial score (nSPS) is 12.1. The lowest BCUT2D eigenvalue weighted by molar-refractivity contribution is 0.628. The Morgan fingerprint density at radius 1 is 1.10 bits per heavy atom. The van der Waals surface area contributed by atoms with Gasteiger partial charge >= 0.3 is 0 Å². The van der Waals surface area contributed by atoms with Crippen molar-refractivity contribution in [3.05, 3.63) is 58.9 Å². The molecule has 0 radical (unpaired) electrons. The number of hydrogen-bond donors (Lipinski definition) is 1. The maximum absolute atomic E-state index is 13.0. The molecule has 0 saturated carbocycles. The third-order valence-corrected chi connectivity index (χ3v) is 3.53. The molecule has 4 heteroatoms. The van der Waals surface area contributed by atoms with Gasteiger partial charge < -0.3 is 10.2 Å². The molecule has 106 valence electrons. The summed E-state index contributed by atoms with van der Waals surface area (Å²) in [6, 6.07) is 12.7. The van der Waals surface area contributed by atoms with Crippen LogP contribution in [0.3, 0.4) is 0 Å². The predicted molar refractivity (Wildman–Crippen MR) is 84.2 cm³/mol. The Morgan fingerprint density at radius 3 is 2.30 bits per heavy atom. The first kappa shape index (κ1) is 14.7. The highest BCUT2D eigenvalue weighted by atomic mass is 35.5. The highest BCUT2D eigenvalue weighted by molar-refractivity contribution is 6.33. The zero-order chi connectivity index (χ0) is 14.7. The topological polar surface area (TPSA) is 15.3 Å². The van der Waals surface area contributed by atoms with Crippen molar-refractivity contribution in [2.75, 3.05) is 24.3 Å².